The molecule has 0 aliphatic heterocycles. The molecule has 0 heterocycles. The van der Waals surface area contributed by atoms with Gasteiger partial charge in [0.2, 0.25) is 0 Å². The lowest BCUT2D eigenvalue weighted by molar-refractivity contribution is 0.167. The maximum atomic E-state index is 5.46. The Morgan fingerprint density at radius 1 is 0.952 bits per heavy atom. The Labute approximate surface area is 150 Å². The quantitative estimate of drug-likeness (QED) is 0.261. The molecular formula is C14H31NO2S4. The molecular weight excluding hydrogens is 342 g/mol. The van der Waals surface area contributed by atoms with E-state index in [-0.39, 0.29) is 4.75 Å². The van der Waals surface area contributed by atoms with Gasteiger partial charge in [0.15, 0.2) is 0 Å². The van der Waals surface area contributed by atoms with Crippen molar-refractivity contribution in [3.05, 3.63) is 0 Å². The van der Waals surface area contributed by atoms with Crippen LogP contribution in [0.15, 0.2) is 0 Å². The Bertz CT molecular complexity index is 233. The molecule has 0 spiro atoms. The van der Waals surface area contributed by atoms with Gasteiger partial charge in [0.1, 0.15) is 0 Å². The van der Waals surface area contributed by atoms with Gasteiger partial charge in [-0.3, -0.25) is 4.90 Å². The van der Waals surface area contributed by atoms with Gasteiger partial charge in [0.05, 0.1) is 26.4 Å². The monoisotopic (exact) mass is 373 g/mol. The summed E-state index contributed by atoms with van der Waals surface area (Å²) in [5.41, 5.74) is 0. The van der Waals surface area contributed by atoms with Crippen LogP contribution in [0.25, 0.3) is 0 Å². The fraction of sp³-hybridized carbons (Fsp3) is 1.00. The standard InChI is InChI=1S/C14H31NO2S4/c1-14(2,21-11-7-17-5-9-19)12-15(3)13-20-10-6-16-4-8-18/h18-19H,4-13H2,1-3H3. The van der Waals surface area contributed by atoms with Crippen molar-refractivity contribution in [3.63, 3.8) is 0 Å². The second kappa shape index (κ2) is 14.8. The molecule has 0 aliphatic rings. The third-order valence-corrected chi connectivity index (χ3v) is 5.25. The minimum absolute atomic E-state index is 0.252. The fourth-order valence-corrected chi connectivity index (χ4v) is 3.88. The molecule has 0 aliphatic carbocycles. The van der Waals surface area contributed by atoms with Crippen LogP contribution in [0.4, 0.5) is 0 Å². The highest BCUT2D eigenvalue weighted by Crippen LogP contribution is 2.25. The third-order valence-electron chi connectivity index (χ3n) is 2.53. The summed E-state index contributed by atoms with van der Waals surface area (Å²) in [4.78, 5) is 2.38. The minimum Gasteiger partial charge on any atom is -0.380 e. The molecule has 0 rings (SSSR count). The number of rotatable bonds is 15. The first-order valence-corrected chi connectivity index (χ1v) is 10.7. The Hall–Kier alpha value is 1.28. The van der Waals surface area contributed by atoms with Crippen molar-refractivity contribution in [2.45, 2.75) is 18.6 Å². The third kappa shape index (κ3) is 15.9. The van der Waals surface area contributed by atoms with E-state index in [1.54, 1.807) is 0 Å². The molecule has 0 unspecified atom stereocenters. The molecule has 3 nitrogen and oxygen atoms in total. The predicted molar refractivity (Wildman–Crippen MR) is 106 cm³/mol. The summed E-state index contributed by atoms with van der Waals surface area (Å²) in [6.45, 7) is 8.80. The largest absolute Gasteiger partial charge is 0.380 e. The fourth-order valence-electron chi connectivity index (χ4n) is 1.79. The lowest BCUT2D eigenvalue weighted by atomic mass is 10.2. The summed E-state index contributed by atoms with van der Waals surface area (Å²) >= 11 is 12.1. The molecule has 0 saturated carbocycles. The van der Waals surface area contributed by atoms with Crippen LogP contribution in [-0.2, 0) is 9.47 Å². The van der Waals surface area contributed by atoms with E-state index in [9.17, 15) is 0 Å². The zero-order valence-corrected chi connectivity index (χ0v) is 17.0. The summed E-state index contributed by atoms with van der Waals surface area (Å²) in [7, 11) is 2.18. The van der Waals surface area contributed by atoms with Crippen molar-refractivity contribution >= 4 is 48.8 Å². The van der Waals surface area contributed by atoms with Gasteiger partial charge < -0.3 is 9.47 Å². The minimum atomic E-state index is 0.252. The van der Waals surface area contributed by atoms with Crippen LogP contribution in [0.1, 0.15) is 13.8 Å². The predicted octanol–water partition coefficient (Wildman–Crippen LogP) is 3.01. The van der Waals surface area contributed by atoms with Crippen molar-refractivity contribution in [2.75, 3.05) is 68.9 Å². The Morgan fingerprint density at radius 3 is 2.10 bits per heavy atom. The SMILES string of the molecule is CN(CSCCOCCS)CC(C)(C)SCCOCCS. The van der Waals surface area contributed by atoms with Crippen molar-refractivity contribution in [2.24, 2.45) is 0 Å². The van der Waals surface area contributed by atoms with E-state index in [1.165, 1.54) is 0 Å². The molecule has 0 aromatic carbocycles. The van der Waals surface area contributed by atoms with E-state index in [4.69, 9.17) is 9.47 Å². The topological polar surface area (TPSA) is 21.7 Å². The average Bonchev–Trinajstić information content (AvgIpc) is 2.42. The Balaban J connectivity index is 3.58. The molecule has 0 aromatic heterocycles. The number of hydrogen-bond donors (Lipinski definition) is 2. The molecule has 0 aromatic rings. The maximum absolute atomic E-state index is 5.46. The van der Waals surface area contributed by atoms with Gasteiger partial charge >= 0.3 is 0 Å². The summed E-state index contributed by atoms with van der Waals surface area (Å²) in [5, 5.41) is 0. The zero-order valence-electron chi connectivity index (χ0n) is 13.5. The molecule has 128 valence electrons. The van der Waals surface area contributed by atoms with Gasteiger partial charge in [-0.05, 0) is 20.9 Å². The van der Waals surface area contributed by atoms with E-state index in [1.807, 2.05) is 23.5 Å². The number of thioether (sulfide) groups is 2. The molecule has 0 radical (unpaired) electrons. The molecule has 0 amide bonds. The molecule has 0 saturated heterocycles. The number of thiol groups is 2. The van der Waals surface area contributed by atoms with E-state index >= 15 is 0 Å². The van der Waals surface area contributed by atoms with Crippen molar-refractivity contribution in [3.8, 4) is 0 Å². The van der Waals surface area contributed by atoms with Crippen molar-refractivity contribution in [1.82, 2.24) is 4.90 Å². The molecule has 21 heavy (non-hydrogen) atoms. The summed E-state index contributed by atoms with van der Waals surface area (Å²) in [6, 6.07) is 0. The Morgan fingerprint density at radius 2 is 1.52 bits per heavy atom. The van der Waals surface area contributed by atoms with E-state index < -0.39 is 0 Å². The van der Waals surface area contributed by atoms with E-state index in [2.05, 4.69) is 51.1 Å². The van der Waals surface area contributed by atoms with Crippen LogP contribution in [0.5, 0.6) is 0 Å². The summed E-state index contributed by atoms with van der Waals surface area (Å²) in [6.07, 6.45) is 0. The molecule has 7 heteroatoms. The van der Waals surface area contributed by atoms with Crippen LogP contribution in [0.2, 0.25) is 0 Å². The van der Waals surface area contributed by atoms with Gasteiger partial charge in [-0.2, -0.15) is 37.0 Å². The first-order chi connectivity index (χ1) is 10.0. The van der Waals surface area contributed by atoms with E-state index in [0.717, 1.165) is 61.9 Å². The van der Waals surface area contributed by atoms with Crippen molar-refractivity contribution in [1.29, 1.82) is 0 Å². The van der Waals surface area contributed by atoms with Gasteiger partial charge in [0, 0.05) is 40.2 Å². The molecule has 0 fully saturated rings. The smallest absolute Gasteiger partial charge is 0.0557 e. The Kier molecular flexibility index (Phi) is 15.8. The summed E-state index contributed by atoms with van der Waals surface area (Å²) in [5.74, 6) is 4.73. The first-order valence-electron chi connectivity index (χ1n) is 7.29. The summed E-state index contributed by atoms with van der Waals surface area (Å²) < 4.78 is 11.1. The van der Waals surface area contributed by atoms with Gasteiger partial charge in [0.25, 0.3) is 0 Å². The highest BCUT2D eigenvalue weighted by molar-refractivity contribution is 8.00. The zero-order chi connectivity index (χ0) is 16.0. The van der Waals surface area contributed by atoms with Crippen LogP contribution in [0.3, 0.4) is 0 Å². The number of ether oxygens (including phenoxy) is 2. The highest BCUT2D eigenvalue weighted by Gasteiger charge is 2.20. The maximum Gasteiger partial charge on any atom is 0.0557 e. The molecule has 0 bridgehead atoms. The number of nitrogens with zero attached hydrogens (tertiary/aromatic N) is 1. The lowest BCUT2D eigenvalue weighted by Gasteiger charge is -2.29. The van der Waals surface area contributed by atoms with Crippen LogP contribution in [-0.4, -0.2) is 78.6 Å². The lowest BCUT2D eigenvalue weighted by Crippen LogP contribution is -2.34. The van der Waals surface area contributed by atoms with Gasteiger partial charge in [-0.1, -0.05) is 0 Å². The van der Waals surface area contributed by atoms with Crippen LogP contribution in [0, 0.1) is 0 Å². The van der Waals surface area contributed by atoms with Crippen molar-refractivity contribution < 1.29 is 9.47 Å². The second-order valence-electron chi connectivity index (χ2n) is 5.33. The van der Waals surface area contributed by atoms with E-state index in [0.29, 0.717) is 0 Å². The van der Waals surface area contributed by atoms with Crippen LogP contribution >= 0.6 is 48.8 Å². The van der Waals surface area contributed by atoms with Gasteiger partial charge in [-0.15, -0.1) is 11.8 Å². The normalized spacial score (nSPS) is 12.3. The first kappa shape index (κ1) is 22.3. The molecule has 0 N–H and O–H groups in total. The average molecular weight is 374 g/mol. The number of hydrogen-bond acceptors (Lipinski definition) is 7. The second-order valence-corrected chi connectivity index (χ2v) is 9.10. The van der Waals surface area contributed by atoms with Gasteiger partial charge in [-0.25, -0.2) is 0 Å². The molecule has 0 atom stereocenters. The van der Waals surface area contributed by atoms with Crippen LogP contribution < -0.4 is 0 Å². The highest BCUT2D eigenvalue weighted by atomic mass is 32.2.